The van der Waals surface area contributed by atoms with Crippen molar-refractivity contribution in [2.45, 2.75) is 6.54 Å². The molecule has 0 aliphatic carbocycles. The number of benzene rings is 1. The van der Waals surface area contributed by atoms with Gasteiger partial charge in [-0.3, -0.25) is 4.98 Å². The predicted molar refractivity (Wildman–Crippen MR) is 60.5 cm³/mol. The molecule has 0 bridgehead atoms. The van der Waals surface area contributed by atoms with E-state index in [2.05, 4.69) is 28.5 Å². The summed E-state index contributed by atoms with van der Waals surface area (Å²) in [7, 11) is 0. The molecule has 15 heavy (non-hydrogen) atoms. The van der Waals surface area contributed by atoms with Crippen LogP contribution in [-0.2, 0) is 6.54 Å². The van der Waals surface area contributed by atoms with Crippen molar-refractivity contribution in [2.24, 2.45) is 0 Å². The Bertz CT molecular complexity index is 437. The lowest BCUT2D eigenvalue weighted by molar-refractivity contribution is 0.292. The number of aromatic nitrogens is 1. The Morgan fingerprint density at radius 1 is 1.20 bits per heavy atom. The number of nitrogens with zero attached hydrogens (tertiary/aromatic N) is 1. The van der Waals surface area contributed by atoms with Crippen LogP contribution in [0, 0.1) is 0 Å². The maximum Gasteiger partial charge on any atom is 0.0746 e. The molecule has 0 amide bonds. The van der Waals surface area contributed by atoms with Crippen LogP contribution in [0.2, 0.25) is 0 Å². The number of aliphatic hydroxyl groups is 1. The van der Waals surface area contributed by atoms with Gasteiger partial charge in [0.2, 0.25) is 0 Å². The molecule has 0 spiro atoms. The molecule has 78 valence electrons. The summed E-state index contributed by atoms with van der Waals surface area (Å²) in [5.74, 6) is 0. The highest BCUT2D eigenvalue weighted by molar-refractivity contribution is 5.81. The van der Waals surface area contributed by atoms with Crippen molar-refractivity contribution in [3.63, 3.8) is 0 Å². The first kappa shape index (κ1) is 10.1. The summed E-state index contributed by atoms with van der Waals surface area (Å²) in [4.78, 5) is 4.36. The maximum absolute atomic E-state index is 8.68. The molecule has 2 N–H and O–H groups in total. The quantitative estimate of drug-likeness (QED) is 0.735. The normalized spacial score (nSPS) is 10.7. The van der Waals surface area contributed by atoms with Crippen molar-refractivity contribution in [3.8, 4) is 0 Å². The average molecular weight is 202 g/mol. The minimum absolute atomic E-state index is 0.165. The Kier molecular flexibility index (Phi) is 3.27. The van der Waals surface area contributed by atoms with E-state index >= 15 is 0 Å². The smallest absolute Gasteiger partial charge is 0.0746 e. The lowest BCUT2D eigenvalue weighted by Gasteiger charge is -2.06. The number of aliphatic hydroxyl groups excluding tert-OH is 1. The van der Waals surface area contributed by atoms with Crippen LogP contribution in [0.1, 0.15) is 5.56 Å². The van der Waals surface area contributed by atoms with E-state index in [4.69, 9.17) is 5.11 Å². The topological polar surface area (TPSA) is 45.1 Å². The zero-order valence-electron chi connectivity index (χ0n) is 8.48. The van der Waals surface area contributed by atoms with Crippen molar-refractivity contribution in [2.75, 3.05) is 13.2 Å². The molecule has 0 unspecified atom stereocenters. The Labute approximate surface area is 88.8 Å². The molecule has 0 radical (unpaired) electrons. The SMILES string of the molecule is OCCNCc1cccc2cccnc12. The van der Waals surface area contributed by atoms with Crippen molar-refractivity contribution in [1.29, 1.82) is 0 Å². The fourth-order valence-electron chi connectivity index (χ4n) is 1.61. The van der Waals surface area contributed by atoms with E-state index in [9.17, 15) is 0 Å². The van der Waals surface area contributed by atoms with E-state index in [0.29, 0.717) is 6.54 Å². The van der Waals surface area contributed by atoms with Crippen molar-refractivity contribution >= 4 is 10.9 Å². The largest absolute Gasteiger partial charge is 0.395 e. The number of nitrogens with one attached hydrogen (secondary N) is 1. The molecule has 2 aromatic rings. The van der Waals surface area contributed by atoms with Crippen molar-refractivity contribution in [1.82, 2.24) is 10.3 Å². The molecule has 0 fully saturated rings. The van der Waals surface area contributed by atoms with E-state index < -0.39 is 0 Å². The van der Waals surface area contributed by atoms with Crippen LogP contribution >= 0.6 is 0 Å². The molecular weight excluding hydrogens is 188 g/mol. The molecule has 1 aromatic heterocycles. The fourth-order valence-corrected chi connectivity index (χ4v) is 1.61. The summed E-state index contributed by atoms with van der Waals surface area (Å²) in [6.07, 6.45) is 1.80. The van der Waals surface area contributed by atoms with Crippen LogP contribution in [-0.4, -0.2) is 23.2 Å². The Morgan fingerprint density at radius 3 is 2.93 bits per heavy atom. The number of hydrogen-bond donors (Lipinski definition) is 2. The summed E-state index contributed by atoms with van der Waals surface area (Å²) in [5, 5.41) is 13.0. The molecule has 0 saturated carbocycles. The van der Waals surface area contributed by atoms with Gasteiger partial charge >= 0.3 is 0 Å². The van der Waals surface area contributed by atoms with E-state index in [1.165, 1.54) is 5.56 Å². The van der Waals surface area contributed by atoms with Crippen LogP contribution in [0.3, 0.4) is 0 Å². The third kappa shape index (κ3) is 2.32. The highest BCUT2D eigenvalue weighted by Crippen LogP contribution is 2.15. The van der Waals surface area contributed by atoms with Gasteiger partial charge in [-0.05, 0) is 11.6 Å². The van der Waals surface area contributed by atoms with E-state index in [1.54, 1.807) is 6.20 Å². The maximum atomic E-state index is 8.68. The lowest BCUT2D eigenvalue weighted by Crippen LogP contribution is -2.17. The Hall–Kier alpha value is -1.45. The highest BCUT2D eigenvalue weighted by atomic mass is 16.3. The van der Waals surface area contributed by atoms with Crippen molar-refractivity contribution in [3.05, 3.63) is 42.1 Å². The standard InChI is InChI=1S/C12H14N2O/c15-8-7-13-9-11-4-1-3-10-5-2-6-14-12(10)11/h1-6,13,15H,7-9H2. The number of para-hydroxylation sites is 1. The zero-order valence-corrected chi connectivity index (χ0v) is 8.48. The minimum Gasteiger partial charge on any atom is -0.395 e. The van der Waals surface area contributed by atoms with Crippen molar-refractivity contribution < 1.29 is 5.11 Å². The van der Waals surface area contributed by atoms with Crippen LogP contribution in [0.4, 0.5) is 0 Å². The van der Waals surface area contributed by atoms with Gasteiger partial charge in [-0.2, -0.15) is 0 Å². The van der Waals surface area contributed by atoms with Gasteiger partial charge in [0, 0.05) is 24.7 Å². The molecule has 2 rings (SSSR count). The second kappa shape index (κ2) is 4.87. The summed E-state index contributed by atoms with van der Waals surface area (Å²) in [6, 6.07) is 10.1. The number of fused-ring (bicyclic) bond motifs is 1. The first-order valence-electron chi connectivity index (χ1n) is 5.06. The summed E-state index contributed by atoms with van der Waals surface area (Å²) in [6.45, 7) is 1.52. The highest BCUT2D eigenvalue weighted by Gasteiger charge is 2.00. The van der Waals surface area contributed by atoms with Crippen LogP contribution in [0.15, 0.2) is 36.5 Å². The van der Waals surface area contributed by atoms with Crippen LogP contribution in [0.25, 0.3) is 10.9 Å². The number of hydrogen-bond acceptors (Lipinski definition) is 3. The van der Waals surface area contributed by atoms with Crippen LogP contribution in [0.5, 0.6) is 0 Å². The first-order valence-corrected chi connectivity index (χ1v) is 5.06. The summed E-state index contributed by atoms with van der Waals surface area (Å²) < 4.78 is 0. The molecule has 3 heteroatoms. The van der Waals surface area contributed by atoms with E-state index in [0.717, 1.165) is 17.4 Å². The molecule has 0 saturated heterocycles. The van der Waals surface area contributed by atoms with Gasteiger partial charge in [-0.1, -0.05) is 24.3 Å². The van der Waals surface area contributed by atoms with E-state index in [-0.39, 0.29) is 6.61 Å². The third-order valence-corrected chi connectivity index (χ3v) is 2.32. The third-order valence-electron chi connectivity index (χ3n) is 2.32. The fraction of sp³-hybridized carbons (Fsp3) is 0.250. The van der Waals surface area contributed by atoms with Gasteiger partial charge < -0.3 is 10.4 Å². The lowest BCUT2D eigenvalue weighted by atomic mass is 10.1. The number of pyridine rings is 1. The van der Waals surface area contributed by atoms with Gasteiger partial charge in [0.25, 0.3) is 0 Å². The van der Waals surface area contributed by atoms with Gasteiger partial charge in [-0.15, -0.1) is 0 Å². The predicted octanol–water partition coefficient (Wildman–Crippen LogP) is 1.32. The Morgan fingerprint density at radius 2 is 2.07 bits per heavy atom. The summed E-state index contributed by atoms with van der Waals surface area (Å²) in [5.41, 5.74) is 2.20. The molecule has 3 nitrogen and oxygen atoms in total. The Balaban J connectivity index is 2.26. The van der Waals surface area contributed by atoms with Gasteiger partial charge in [0.1, 0.15) is 0 Å². The second-order valence-corrected chi connectivity index (χ2v) is 3.39. The molecule has 0 atom stereocenters. The minimum atomic E-state index is 0.165. The molecule has 1 heterocycles. The van der Waals surface area contributed by atoms with Gasteiger partial charge in [0.05, 0.1) is 12.1 Å². The number of rotatable bonds is 4. The zero-order chi connectivity index (χ0) is 10.5. The molecular formula is C12H14N2O. The first-order chi connectivity index (χ1) is 7.42. The van der Waals surface area contributed by atoms with Gasteiger partial charge in [-0.25, -0.2) is 0 Å². The summed E-state index contributed by atoms with van der Waals surface area (Å²) >= 11 is 0. The van der Waals surface area contributed by atoms with Crippen LogP contribution < -0.4 is 5.32 Å². The second-order valence-electron chi connectivity index (χ2n) is 3.39. The molecule has 0 aliphatic heterocycles. The molecule has 1 aromatic carbocycles. The molecule has 0 aliphatic rings. The van der Waals surface area contributed by atoms with E-state index in [1.807, 2.05) is 12.1 Å². The average Bonchev–Trinajstić information content (AvgIpc) is 2.30. The van der Waals surface area contributed by atoms with Gasteiger partial charge in [0.15, 0.2) is 0 Å². The monoisotopic (exact) mass is 202 g/mol.